The molecule has 1 aromatic rings. The number of rotatable bonds is 4. The maximum Gasteiger partial charge on any atom is 0.416 e. The molecule has 0 spiro atoms. The first-order valence-electron chi connectivity index (χ1n) is 6.49. The number of ether oxygens (including phenoxy) is 1. The number of alkyl carbamates (subject to hydrolysis) is 1. The van der Waals surface area contributed by atoms with E-state index in [-0.39, 0.29) is 5.56 Å². The molecule has 22 heavy (non-hydrogen) atoms. The number of hydrogen-bond acceptors (Lipinski definition) is 4. The fraction of sp³-hybridized carbons (Fsp3) is 0.500. The molecule has 1 unspecified atom stereocenters. The number of halogens is 3. The van der Waals surface area contributed by atoms with Gasteiger partial charge in [0.05, 0.1) is 11.6 Å². The van der Waals surface area contributed by atoms with Crippen molar-refractivity contribution >= 4 is 6.09 Å². The van der Waals surface area contributed by atoms with E-state index in [0.29, 0.717) is 0 Å². The summed E-state index contributed by atoms with van der Waals surface area (Å²) in [5.74, 6) is 0. The highest BCUT2D eigenvalue weighted by Crippen LogP contribution is 2.34. The van der Waals surface area contributed by atoms with Crippen LogP contribution in [0.25, 0.3) is 0 Å². The van der Waals surface area contributed by atoms with E-state index in [1.165, 1.54) is 18.2 Å². The van der Waals surface area contributed by atoms with Crippen LogP contribution in [0.1, 0.15) is 37.9 Å². The average Bonchev–Trinajstić information content (AvgIpc) is 2.35. The summed E-state index contributed by atoms with van der Waals surface area (Å²) in [6.45, 7) is 4.31. The summed E-state index contributed by atoms with van der Waals surface area (Å²) in [7, 11) is 0. The third kappa shape index (κ3) is 5.34. The van der Waals surface area contributed by atoms with Gasteiger partial charge in [0.15, 0.2) is 0 Å². The Morgan fingerprint density at radius 2 is 1.86 bits per heavy atom. The van der Waals surface area contributed by atoms with Crippen LogP contribution in [-0.2, 0) is 10.9 Å². The number of nitroso groups, excluding NO2 is 1. The first-order valence-corrected chi connectivity index (χ1v) is 6.49. The van der Waals surface area contributed by atoms with Crippen molar-refractivity contribution in [3.8, 4) is 0 Å². The van der Waals surface area contributed by atoms with Crippen LogP contribution in [0, 0.1) is 4.91 Å². The number of nitrogens with one attached hydrogen (secondary N) is 1. The molecule has 0 saturated carbocycles. The summed E-state index contributed by atoms with van der Waals surface area (Å²) in [4.78, 5) is 22.2. The number of amides is 1. The highest BCUT2D eigenvalue weighted by atomic mass is 19.4. The maximum atomic E-state index is 13.0. The van der Waals surface area contributed by atoms with Gasteiger partial charge >= 0.3 is 12.3 Å². The molecule has 0 aliphatic heterocycles. The van der Waals surface area contributed by atoms with Gasteiger partial charge in [0.2, 0.25) is 0 Å². The molecule has 122 valence electrons. The number of carbonyl (C=O) groups is 1. The van der Waals surface area contributed by atoms with Gasteiger partial charge in [-0.2, -0.15) is 18.1 Å². The van der Waals surface area contributed by atoms with Crippen molar-refractivity contribution < 1.29 is 22.7 Å². The van der Waals surface area contributed by atoms with Gasteiger partial charge in [-0.15, -0.1) is 0 Å². The van der Waals surface area contributed by atoms with Gasteiger partial charge in [-0.1, -0.05) is 23.4 Å². The summed E-state index contributed by atoms with van der Waals surface area (Å²) in [5, 5.41) is 4.85. The van der Waals surface area contributed by atoms with Gasteiger partial charge in [-0.3, -0.25) is 0 Å². The monoisotopic (exact) mass is 318 g/mol. The largest absolute Gasteiger partial charge is 0.444 e. The Bertz CT molecular complexity index is 539. The van der Waals surface area contributed by atoms with Crippen LogP contribution in [0.15, 0.2) is 29.4 Å². The van der Waals surface area contributed by atoms with Crippen molar-refractivity contribution in [2.45, 2.75) is 38.6 Å². The Balaban J connectivity index is 3.07. The number of nitrogens with zero attached hydrogens (tertiary/aromatic N) is 1. The fourth-order valence-electron chi connectivity index (χ4n) is 1.81. The standard InChI is InChI=1S/C14H17F3N2O3/c1-13(2,3)22-12(20)19-11(8-18-21)9-6-4-5-7-10(9)14(15,16)17/h4-7,11H,8H2,1-3H3,(H,19,20). The van der Waals surface area contributed by atoms with Gasteiger partial charge in [0.1, 0.15) is 12.1 Å². The maximum absolute atomic E-state index is 13.0. The lowest BCUT2D eigenvalue weighted by molar-refractivity contribution is -0.138. The van der Waals surface area contributed by atoms with Gasteiger partial charge < -0.3 is 10.1 Å². The molecule has 0 aliphatic rings. The molecule has 1 atom stereocenters. The van der Waals surface area contributed by atoms with E-state index in [1.54, 1.807) is 20.8 Å². The van der Waals surface area contributed by atoms with Crippen LogP contribution in [0.4, 0.5) is 18.0 Å². The van der Waals surface area contributed by atoms with E-state index < -0.39 is 36.0 Å². The van der Waals surface area contributed by atoms with E-state index in [1.807, 2.05) is 0 Å². The molecule has 8 heteroatoms. The van der Waals surface area contributed by atoms with Gasteiger partial charge in [0.25, 0.3) is 0 Å². The number of benzene rings is 1. The SMILES string of the molecule is CC(C)(C)OC(=O)NC(CN=O)c1ccccc1C(F)(F)F. The molecule has 0 aromatic heterocycles. The van der Waals surface area contributed by atoms with Crippen LogP contribution >= 0.6 is 0 Å². The highest BCUT2D eigenvalue weighted by Gasteiger charge is 2.35. The van der Waals surface area contributed by atoms with Gasteiger partial charge in [0, 0.05) is 0 Å². The summed E-state index contributed by atoms with van der Waals surface area (Å²) >= 11 is 0. The van der Waals surface area contributed by atoms with Crippen LogP contribution in [-0.4, -0.2) is 18.2 Å². The van der Waals surface area contributed by atoms with Crippen molar-refractivity contribution in [3.63, 3.8) is 0 Å². The lowest BCUT2D eigenvalue weighted by Crippen LogP contribution is -2.36. The zero-order chi connectivity index (χ0) is 17.0. The van der Waals surface area contributed by atoms with Crippen LogP contribution in [0.2, 0.25) is 0 Å². The molecule has 0 aliphatic carbocycles. The Labute approximate surface area is 125 Å². The normalized spacial score (nSPS) is 13.4. The van der Waals surface area contributed by atoms with Crippen molar-refractivity contribution in [2.75, 3.05) is 6.54 Å². The lowest BCUT2D eigenvalue weighted by atomic mass is 10.00. The molecule has 0 fully saturated rings. The summed E-state index contributed by atoms with van der Waals surface area (Å²) in [6.07, 6.45) is -5.52. The van der Waals surface area contributed by atoms with Crippen molar-refractivity contribution in [1.82, 2.24) is 5.32 Å². The van der Waals surface area contributed by atoms with Gasteiger partial charge in [-0.25, -0.2) is 4.79 Å². The molecule has 1 amide bonds. The summed E-state index contributed by atoms with van der Waals surface area (Å²) in [5.41, 5.74) is -1.98. The molecule has 1 rings (SSSR count). The van der Waals surface area contributed by atoms with Gasteiger partial charge in [-0.05, 0) is 32.4 Å². The number of hydrogen-bond donors (Lipinski definition) is 1. The van der Waals surface area contributed by atoms with E-state index in [0.717, 1.165) is 6.07 Å². The second-order valence-electron chi connectivity index (χ2n) is 5.60. The molecule has 5 nitrogen and oxygen atoms in total. The first kappa shape index (κ1) is 17.9. The van der Waals surface area contributed by atoms with Crippen LogP contribution in [0.5, 0.6) is 0 Å². The van der Waals surface area contributed by atoms with Crippen molar-refractivity contribution in [2.24, 2.45) is 5.18 Å². The quantitative estimate of drug-likeness (QED) is 0.852. The topological polar surface area (TPSA) is 67.8 Å². The lowest BCUT2D eigenvalue weighted by Gasteiger charge is -2.24. The molecule has 0 radical (unpaired) electrons. The first-order chi connectivity index (χ1) is 10.0. The fourth-order valence-corrected chi connectivity index (χ4v) is 1.81. The van der Waals surface area contributed by atoms with Crippen LogP contribution in [0.3, 0.4) is 0 Å². The van der Waals surface area contributed by atoms with E-state index in [4.69, 9.17) is 4.74 Å². The molecule has 0 heterocycles. The Morgan fingerprint density at radius 1 is 1.27 bits per heavy atom. The number of alkyl halides is 3. The smallest absolute Gasteiger partial charge is 0.416 e. The van der Waals surface area contributed by atoms with E-state index in [2.05, 4.69) is 10.5 Å². The minimum absolute atomic E-state index is 0.236. The molecule has 0 bridgehead atoms. The molecular weight excluding hydrogens is 301 g/mol. The average molecular weight is 318 g/mol. The molecular formula is C14H17F3N2O3. The summed E-state index contributed by atoms with van der Waals surface area (Å²) in [6, 6.07) is 3.47. The predicted molar refractivity (Wildman–Crippen MR) is 74.2 cm³/mol. The zero-order valence-corrected chi connectivity index (χ0v) is 12.4. The Hall–Kier alpha value is -2.12. The summed E-state index contributed by atoms with van der Waals surface area (Å²) < 4.78 is 44.0. The van der Waals surface area contributed by atoms with E-state index in [9.17, 15) is 22.9 Å². The zero-order valence-electron chi connectivity index (χ0n) is 12.4. The van der Waals surface area contributed by atoms with Crippen molar-refractivity contribution in [1.29, 1.82) is 0 Å². The minimum atomic E-state index is -4.60. The minimum Gasteiger partial charge on any atom is -0.444 e. The third-order valence-electron chi connectivity index (χ3n) is 2.59. The third-order valence-corrected chi connectivity index (χ3v) is 2.59. The van der Waals surface area contributed by atoms with E-state index >= 15 is 0 Å². The highest BCUT2D eigenvalue weighted by molar-refractivity contribution is 5.68. The Morgan fingerprint density at radius 3 is 2.36 bits per heavy atom. The second-order valence-corrected chi connectivity index (χ2v) is 5.60. The molecule has 0 saturated heterocycles. The van der Waals surface area contributed by atoms with Crippen LogP contribution < -0.4 is 5.32 Å². The molecule has 1 aromatic carbocycles. The molecule has 1 N–H and O–H groups in total. The number of carbonyl (C=O) groups excluding carboxylic acids is 1. The second kappa shape index (κ2) is 6.76. The van der Waals surface area contributed by atoms with Crippen molar-refractivity contribution in [3.05, 3.63) is 40.3 Å². The predicted octanol–water partition coefficient (Wildman–Crippen LogP) is 4.04. The Kier molecular flexibility index (Phi) is 5.51.